The first-order valence-electron chi connectivity index (χ1n) is 10.8. The molecule has 1 saturated carbocycles. The standard InChI is InChI=1S/C24H27FN2O6/c1-32-21-11-6-17(14-20(21)25)23(29)27-13-12-26-22(28)15-2-7-18(8-3-15)33-19-9-4-16(5-10-19)24(30)31/h2-3,6-8,11,14,16,19H,4-5,9-10,12-13H2,1H3,(H,26,28)(H,27,29)(H,30,31). The first-order chi connectivity index (χ1) is 15.9. The number of hydrogen-bond donors (Lipinski definition) is 3. The molecule has 0 radical (unpaired) electrons. The van der Waals surface area contributed by atoms with Gasteiger partial charge in [0.1, 0.15) is 5.75 Å². The van der Waals surface area contributed by atoms with Crippen molar-refractivity contribution >= 4 is 17.8 Å². The molecule has 0 unspecified atom stereocenters. The van der Waals surface area contributed by atoms with Crippen molar-refractivity contribution in [2.24, 2.45) is 5.92 Å². The van der Waals surface area contributed by atoms with E-state index in [1.165, 1.54) is 19.2 Å². The first kappa shape index (κ1) is 24.0. The third-order valence-electron chi connectivity index (χ3n) is 5.55. The number of rotatable bonds is 9. The van der Waals surface area contributed by atoms with Gasteiger partial charge in [0.2, 0.25) is 0 Å². The van der Waals surface area contributed by atoms with Gasteiger partial charge in [0.05, 0.1) is 19.1 Å². The van der Waals surface area contributed by atoms with Crippen LogP contribution in [-0.2, 0) is 4.79 Å². The van der Waals surface area contributed by atoms with Gasteiger partial charge in [-0.05, 0) is 68.1 Å². The molecule has 1 aliphatic carbocycles. The summed E-state index contributed by atoms with van der Waals surface area (Å²) in [5.74, 6) is -1.74. The summed E-state index contributed by atoms with van der Waals surface area (Å²) in [7, 11) is 1.34. The second-order valence-corrected chi connectivity index (χ2v) is 7.82. The molecule has 0 aromatic heterocycles. The Morgan fingerprint density at radius 3 is 2.06 bits per heavy atom. The van der Waals surface area contributed by atoms with E-state index < -0.39 is 17.7 Å². The molecule has 0 spiro atoms. The van der Waals surface area contributed by atoms with E-state index in [9.17, 15) is 18.8 Å². The second kappa shape index (κ2) is 11.3. The molecule has 1 fully saturated rings. The minimum atomic E-state index is -0.752. The van der Waals surface area contributed by atoms with Crippen molar-refractivity contribution in [3.63, 3.8) is 0 Å². The van der Waals surface area contributed by atoms with Gasteiger partial charge >= 0.3 is 5.97 Å². The molecule has 3 N–H and O–H groups in total. The summed E-state index contributed by atoms with van der Waals surface area (Å²) in [5.41, 5.74) is 0.604. The molecule has 9 heteroatoms. The summed E-state index contributed by atoms with van der Waals surface area (Å²) in [6, 6.07) is 10.6. The van der Waals surface area contributed by atoms with Gasteiger partial charge in [-0.25, -0.2) is 4.39 Å². The van der Waals surface area contributed by atoms with Gasteiger partial charge in [0.15, 0.2) is 11.6 Å². The van der Waals surface area contributed by atoms with E-state index in [1.807, 2.05) is 0 Å². The number of hydrogen-bond acceptors (Lipinski definition) is 5. The Morgan fingerprint density at radius 2 is 1.52 bits per heavy atom. The van der Waals surface area contributed by atoms with Crippen LogP contribution in [0.2, 0.25) is 0 Å². The Kier molecular flexibility index (Phi) is 8.23. The third-order valence-corrected chi connectivity index (χ3v) is 5.55. The molecular weight excluding hydrogens is 431 g/mol. The molecule has 3 rings (SSSR count). The number of carboxylic acids is 1. The van der Waals surface area contributed by atoms with Gasteiger partial charge in [-0.2, -0.15) is 0 Å². The number of amides is 2. The molecule has 0 aliphatic heterocycles. The maximum absolute atomic E-state index is 13.7. The average molecular weight is 458 g/mol. The van der Waals surface area contributed by atoms with E-state index in [0.29, 0.717) is 37.0 Å². The summed E-state index contributed by atoms with van der Waals surface area (Å²) in [4.78, 5) is 35.4. The monoisotopic (exact) mass is 458 g/mol. The van der Waals surface area contributed by atoms with Crippen molar-refractivity contribution in [2.75, 3.05) is 20.2 Å². The van der Waals surface area contributed by atoms with Gasteiger partial charge in [0.25, 0.3) is 11.8 Å². The summed E-state index contributed by atoms with van der Waals surface area (Å²) in [6.45, 7) is 0.382. The molecule has 1 aliphatic rings. The predicted octanol–water partition coefficient (Wildman–Crippen LogP) is 3.02. The first-order valence-corrected chi connectivity index (χ1v) is 10.8. The quantitative estimate of drug-likeness (QED) is 0.498. The number of aliphatic carboxylic acids is 1. The second-order valence-electron chi connectivity index (χ2n) is 7.82. The van der Waals surface area contributed by atoms with Gasteiger partial charge in [0, 0.05) is 24.2 Å². The summed E-state index contributed by atoms with van der Waals surface area (Å²) < 4.78 is 24.4. The topological polar surface area (TPSA) is 114 Å². The van der Waals surface area contributed by atoms with Crippen molar-refractivity contribution in [3.8, 4) is 11.5 Å². The SMILES string of the molecule is COc1ccc(C(=O)NCCNC(=O)c2ccc(OC3CCC(C(=O)O)CC3)cc2)cc1F. The van der Waals surface area contributed by atoms with E-state index in [0.717, 1.165) is 6.07 Å². The van der Waals surface area contributed by atoms with Crippen LogP contribution in [0.15, 0.2) is 42.5 Å². The smallest absolute Gasteiger partial charge is 0.306 e. The molecule has 2 aromatic rings. The van der Waals surface area contributed by atoms with Crippen LogP contribution >= 0.6 is 0 Å². The molecule has 0 bridgehead atoms. The highest BCUT2D eigenvalue weighted by molar-refractivity contribution is 5.95. The van der Waals surface area contributed by atoms with E-state index in [2.05, 4.69) is 10.6 Å². The highest BCUT2D eigenvalue weighted by Crippen LogP contribution is 2.28. The largest absolute Gasteiger partial charge is 0.494 e. The highest BCUT2D eigenvalue weighted by Gasteiger charge is 2.26. The molecule has 0 atom stereocenters. The molecule has 0 heterocycles. The minimum Gasteiger partial charge on any atom is -0.494 e. The molecule has 2 aromatic carbocycles. The Hall–Kier alpha value is -3.62. The lowest BCUT2D eigenvalue weighted by Crippen LogP contribution is -2.34. The van der Waals surface area contributed by atoms with Gasteiger partial charge in [-0.15, -0.1) is 0 Å². The van der Waals surface area contributed by atoms with E-state index in [4.69, 9.17) is 14.6 Å². The number of halogens is 1. The van der Waals surface area contributed by atoms with Crippen molar-refractivity contribution in [1.82, 2.24) is 10.6 Å². The maximum Gasteiger partial charge on any atom is 0.306 e. The van der Waals surface area contributed by atoms with Crippen LogP contribution in [0.5, 0.6) is 11.5 Å². The normalized spacial score (nSPS) is 17.6. The van der Waals surface area contributed by atoms with Gasteiger partial charge in [-0.1, -0.05) is 0 Å². The molecule has 2 amide bonds. The Bertz CT molecular complexity index is 987. The lowest BCUT2D eigenvalue weighted by atomic mass is 9.87. The Balaban J connectivity index is 1.39. The third kappa shape index (κ3) is 6.68. The zero-order valence-corrected chi connectivity index (χ0v) is 18.3. The molecule has 0 saturated heterocycles. The maximum atomic E-state index is 13.7. The number of carboxylic acid groups (broad SMARTS) is 1. The number of benzene rings is 2. The molecule has 176 valence electrons. The van der Waals surface area contributed by atoms with Gasteiger partial charge < -0.3 is 25.2 Å². The summed E-state index contributed by atoms with van der Waals surface area (Å²) >= 11 is 0. The van der Waals surface area contributed by atoms with Crippen LogP contribution in [0.3, 0.4) is 0 Å². The zero-order chi connectivity index (χ0) is 23.8. The van der Waals surface area contributed by atoms with Crippen LogP contribution in [0, 0.1) is 11.7 Å². The predicted molar refractivity (Wildman–Crippen MR) is 118 cm³/mol. The fourth-order valence-corrected chi connectivity index (χ4v) is 3.67. The van der Waals surface area contributed by atoms with Crippen LogP contribution in [0.1, 0.15) is 46.4 Å². The van der Waals surface area contributed by atoms with Crippen molar-refractivity contribution in [3.05, 3.63) is 59.4 Å². The number of nitrogens with one attached hydrogen (secondary N) is 2. The zero-order valence-electron chi connectivity index (χ0n) is 18.3. The Labute approximate surface area is 191 Å². The molecule has 8 nitrogen and oxygen atoms in total. The van der Waals surface area contributed by atoms with E-state index in [1.54, 1.807) is 24.3 Å². The van der Waals surface area contributed by atoms with Gasteiger partial charge in [-0.3, -0.25) is 14.4 Å². The van der Waals surface area contributed by atoms with Crippen molar-refractivity contribution in [1.29, 1.82) is 0 Å². The number of carbonyl (C=O) groups excluding carboxylic acids is 2. The van der Waals surface area contributed by atoms with Crippen molar-refractivity contribution in [2.45, 2.75) is 31.8 Å². The van der Waals surface area contributed by atoms with Crippen LogP contribution in [-0.4, -0.2) is 49.2 Å². The highest BCUT2D eigenvalue weighted by atomic mass is 19.1. The lowest BCUT2D eigenvalue weighted by molar-refractivity contribution is -0.143. The van der Waals surface area contributed by atoms with Crippen molar-refractivity contribution < 1.29 is 33.4 Å². The van der Waals surface area contributed by atoms with Crippen LogP contribution in [0.25, 0.3) is 0 Å². The Morgan fingerprint density at radius 1 is 0.939 bits per heavy atom. The number of ether oxygens (including phenoxy) is 2. The molecular formula is C24H27FN2O6. The lowest BCUT2D eigenvalue weighted by Gasteiger charge is -2.26. The average Bonchev–Trinajstić information content (AvgIpc) is 2.82. The fraction of sp³-hybridized carbons (Fsp3) is 0.375. The van der Waals surface area contributed by atoms with E-state index >= 15 is 0 Å². The number of methoxy groups -OCH3 is 1. The number of carbonyl (C=O) groups is 3. The van der Waals surface area contributed by atoms with E-state index in [-0.39, 0.29) is 42.3 Å². The fourth-order valence-electron chi connectivity index (χ4n) is 3.67. The molecule has 33 heavy (non-hydrogen) atoms. The minimum absolute atomic E-state index is 0.0249. The summed E-state index contributed by atoms with van der Waals surface area (Å²) in [6.07, 6.45) is 2.56. The van der Waals surface area contributed by atoms with Crippen LogP contribution < -0.4 is 20.1 Å². The van der Waals surface area contributed by atoms with Crippen LogP contribution in [0.4, 0.5) is 4.39 Å². The summed E-state index contributed by atoms with van der Waals surface area (Å²) in [5, 5.41) is 14.4.